The number of aromatic nitrogens is 4. The number of hydrogen-bond acceptors (Lipinski definition) is 10. The van der Waals surface area contributed by atoms with E-state index in [1.165, 1.54) is 0 Å². The third-order valence-electron chi connectivity index (χ3n) is 7.16. The molecule has 44 heavy (non-hydrogen) atoms. The molecular formula is C30H40BBrN6O4P2. The molecule has 0 radical (unpaired) electrons. The summed E-state index contributed by atoms with van der Waals surface area (Å²) in [4.78, 5) is 15.8. The first-order chi connectivity index (χ1) is 20.3. The quantitative estimate of drug-likeness (QED) is 0.168. The van der Waals surface area contributed by atoms with Crippen LogP contribution < -0.4 is 27.5 Å². The summed E-state index contributed by atoms with van der Waals surface area (Å²) in [5, 5.41) is 1.38. The van der Waals surface area contributed by atoms with E-state index in [0.29, 0.717) is 22.0 Å². The van der Waals surface area contributed by atoms with Gasteiger partial charge in [0.2, 0.25) is 0 Å². The van der Waals surface area contributed by atoms with Crippen molar-refractivity contribution in [2.45, 2.75) is 38.9 Å². The van der Waals surface area contributed by atoms with Crippen LogP contribution in [0.2, 0.25) is 0 Å². The highest BCUT2D eigenvalue weighted by molar-refractivity contribution is 9.10. The Morgan fingerprint density at radius 1 is 0.727 bits per heavy atom. The molecule has 1 aliphatic heterocycles. The number of rotatable bonds is 4. The maximum atomic E-state index is 12.3. The van der Waals surface area contributed by atoms with Gasteiger partial charge in [-0.2, -0.15) is 0 Å². The molecule has 0 amide bonds. The highest BCUT2D eigenvalue weighted by atomic mass is 79.9. The molecule has 4 aromatic rings. The fourth-order valence-corrected chi connectivity index (χ4v) is 6.59. The largest absolute Gasteiger partial charge is 0.494 e. The molecule has 1 aliphatic rings. The summed E-state index contributed by atoms with van der Waals surface area (Å²) in [7, 11) is -5.25. The molecule has 0 unspecified atom stereocenters. The van der Waals surface area contributed by atoms with Crippen molar-refractivity contribution < 1.29 is 18.4 Å². The lowest BCUT2D eigenvalue weighted by molar-refractivity contribution is 0.00578. The van der Waals surface area contributed by atoms with Crippen molar-refractivity contribution in [3.8, 4) is 11.3 Å². The van der Waals surface area contributed by atoms with Crippen LogP contribution in [0.25, 0.3) is 11.3 Å². The van der Waals surface area contributed by atoms with Gasteiger partial charge < -0.3 is 29.9 Å². The maximum absolute atomic E-state index is 12.3. The van der Waals surface area contributed by atoms with Crippen LogP contribution in [0, 0.1) is 0 Å². The van der Waals surface area contributed by atoms with E-state index in [-0.39, 0.29) is 11.2 Å². The van der Waals surface area contributed by atoms with Crippen LogP contribution >= 0.6 is 30.2 Å². The Labute approximate surface area is 268 Å². The second kappa shape index (κ2) is 14.0. The van der Waals surface area contributed by atoms with Crippen LogP contribution in [0.5, 0.6) is 0 Å². The molecule has 0 spiro atoms. The molecule has 2 aromatic carbocycles. The van der Waals surface area contributed by atoms with E-state index in [4.69, 9.17) is 20.8 Å². The van der Waals surface area contributed by atoms with Crippen LogP contribution in [0.3, 0.4) is 0 Å². The monoisotopic (exact) mass is 700 g/mol. The summed E-state index contributed by atoms with van der Waals surface area (Å²) in [6.07, 6.45) is 9.81. The van der Waals surface area contributed by atoms with Crippen LogP contribution in [0.1, 0.15) is 27.7 Å². The fourth-order valence-electron chi connectivity index (χ4n) is 4.05. The zero-order valence-corrected chi connectivity index (χ0v) is 29.7. The minimum Gasteiger partial charge on any atom is -0.399 e. The van der Waals surface area contributed by atoms with E-state index < -0.39 is 21.4 Å². The zero-order chi connectivity index (χ0) is 32.9. The van der Waals surface area contributed by atoms with E-state index in [1.807, 2.05) is 52.0 Å². The molecule has 5 rings (SSSR count). The number of benzene rings is 2. The zero-order valence-electron chi connectivity index (χ0n) is 26.4. The number of hydrogen-bond donors (Lipinski definition) is 2. The fraction of sp³-hybridized carbons (Fsp3) is 0.333. The van der Waals surface area contributed by atoms with Gasteiger partial charge in [-0.05, 0) is 100 Å². The lowest BCUT2D eigenvalue weighted by atomic mass is 9.79. The van der Waals surface area contributed by atoms with E-state index in [1.54, 1.807) is 76.0 Å². The van der Waals surface area contributed by atoms with E-state index in [0.717, 1.165) is 21.3 Å². The average molecular weight is 701 g/mol. The first-order valence-corrected chi connectivity index (χ1v) is 19.7. The first kappa shape index (κ1) is 35.6. The second-order valence-electron chi connectivity index (χ2n) is 12.0. The summed E-state index contributed by atoms with van der Waals surface area (Å²) in [6.45, 7) is 14.9. The molecule has 2 aromatic heterocycles. The number of nitrogen functional groups attached to an aromatic ring is 2. The van der Waals surface area contributed by atoms with Gasteiger partial charge in [-0.15, -0.1) is 0 Å². The Balaban J connectivity index is 0.000000199. The molecule has 14 heteroatoms. The third-order valence-corrected chi connectivity index (χ3v) is 10.7. The molecule has 0 aliphatic carbocycles. The van der Waals surface area contributed by atoms with Gasteiger partial charge in [0.05, 0.1) is 29.3 Å². The summed E-state index contributed by atoms with van der Waals surface area (Å²) in [5.41, 5.74) is 14.6. The van der Waals surface area contributed by atoms with Crippen LogP contribution in [-0.2, 0) is 18.4 Å². The van der Waals surface area contributed by atoms with Gasteiger partial charge in [0.1, 0.15) is 18.9 Å². The van der Waals surface area contributed by atoms with Crippen molar-refractivity contribution in [3.63, 3.8) is 0 Å². The Kier molecular flexibility index (Phi) is 11.4. The predicted molar refractivity (Wildman–Crippen MR) is 186 cm³/mol. The average Bonchev–Trinajstić information content (AvgIpc) is 3.16. The van der Waals surface area contributed by atoms with Gasteiger partial charge in [0.25, 0.3) is 0 Å². The maximum Gasteiger partial charge on any atom is 0.494 e. The van der Waals surface area contributed by atoms with Crippen molar-refractivity contribution in [2.24, 2.45) is 0 Å². The molecule has 0 atom stereocenters. The normalized spacial score (nSPS) is 15.4. The predicted octanol–water partition coefficient (Wildman–Crippen LogP) is 5.03. The standard InChI is InChI=1S/C14H23BNO3P.C12H14N3OP.C4H3BrN2/c1-13(2)14(3,4)19-15(18-13)10-7-8-11(16)12(9-10)20(5,6)17;1-17(2,16)12-7-9(3-4-10(12)13)11-8-14-5-6-15-11;5-4-3-6-1-2-7-4/h7-9H,16H2,1-6H3;3-8H,13H2,1-2H3;1-3H. The van der Waals surface area contributed by atoms with E-state index >= 15 is 0 Å². The molecule has 10 nitrogen and oxygen atoms in total. The Hall–Kier alpha value is -2.88. The van der Waals surface area contributed by atoms with Gasteiger partial charge in [-0.3, -0.25) is 15.0 Å². The topological polar surface area (TPSA) is 156 Å². The highest BCUT2D eigenvalue weighted by Crippen LogP contribution is 2.39. The number of nitrogens with two attached hydrogens (primary N) is 2. The molecule has 0 saturated carbocycles. The van der Waals surface area contributed by atoms with Gasteiger partial charge >= 0.3 is 7.12 Å². The minimum atomic E-state index is -2.42. The number of halogens is 1. The third kappa shape index (κ3) is 9.32. The molecule has 1 fully saturated rings. The van der Waals surface area contributed by atoms with Crippen molar-refractivity contribution in [1.82, 2.24) is 19.9 Å². The number of nitrogens with zero attached hydrogens (tertiary/aromatic N) is 4. The summed E-state index contributed by atoms with van der Waals surface area (Å²) < 4.78 is 37.2. The Morgan fingerprint density at radius 2 is 1.23 bits per heavy atom. The second-order valence-corrected chi connectivity index (χ2v) is 19.2. The molecule has 234 valence electrons. The van der Waals surface area contributed by atoms with E-state index in [2.05, 4.69) is 35.9 Å². The minimum absolute atomic E-state index is 0.388. The SMILES string of the molecule is Brc1cnccn1.CC1(C)OB(c2ccc(N)c(P(C)(C)=O)c2)OC1(C)C.CP(C)(=O)c1cc(-c2cnccn2)ccc1N. The lowest BCUT2D eigenvalue weighted by Crippen LogP contribution is -2.41. The summed E-state index contributed by atoms with van der Waals surface area (Å²) in [6, 6.07) is 10.9. The molecular weight excluding hydrogens is 661 g/mol. The van der Waals surface area contributed by atoms with E-state index in [9.17, 15) is 9.13 Å². The lowest BCUT2D eigenvalue weighted by Gasteiger charge is -2.32. The van der Waals surface area contributed by atoms with Crippen molar-refractivity contribution >= 4 is 64.8 Å². The van der Waals surface area contributed by atoms with Gasteiger partial charge in [0, 0.05) is 52.3 Å². The smallest absolute Gasteiger partial charge is 0.399 e. The Bertz CT molecular complexity index is 1650. The Morgan fingerprint density at radius 3 is 1.66 bits per heavy atom. The van der Waals surface area contributed by atoms with Crippen LogP contribution in [0.15, 0.2) is 78.2 Å². The first-order valence-electron chi connectivity index (χ1n) is 13.8. The van der Waals surface area contributed by atoms with Gasteiger partial charge in [-0.25, -0.2) is 4.98 Å². The summed E-state index contributed by atoms with van der Waals surface area (Å²) in [5.74, 6) is 0. The van der Waals surface area contributed by atoms with Crippen molar-refractivity contribution in [3.05, 3.63) is 78.2 Å². The summed E-state index contributed by atoms with van der Waals surface area (Å²) >= 11 is 3.14. The van der Waals surface area contributed by atoms with Crippen LogP contribution in [-0.4, -0.2) is 64.9 Å². The van der Waals surface area contributed by atoms with Crippen molar-refractivity contribution in [2.75, 3.05) is 38.1 Å². The number of anilines is 2. The molecule has 3 heterocycles. The molecule has 1 saturated heterocycles. The van der Waals surface area contributed by atoms with Crippen molar-refractivity contribution in [1.29, 1.82) is 0 Å². The highest BCUT2D eigenvalue weighted by Gasteiger charge is 2.51. The molecule has 0 bridgehead atoms. The van der Waals surface area contributed by atoms with Gasteiger partial charge in [0.15, 0.2) is 0 Å². The molecule has 4 N–H and O–H groups in total. The van der Waals surface area contributed by atoms with Gasteiger partial charge in [-0.1, -0.05) is 12.1 Å². The van der Waals surface area contributed by atoms with Crippen LogP contribution in [0.4, 0.5) is 11.4 Å².